The Morgan fingerprint density at radius 3 is 1.74 bits per heavy atom. The van der Waals surface area contributed by atoms with Crippen molar-refractivity contribution in [2.45, 2.75) is 78.6 Å². The molecule has 0 amide bonds. The van der Waals surface area contributed by atoms with E-state index in [1.807, 2.05) is 18.3 Å². The summed E-state index contributed by atoms with van der Waals surface area (Å²) in [5, 5.41) is 2.21. The molecule has 5 nitrogen and oxygen atoms in total. The van der Waals surface area contributed by atoms with E-state index >= 15 is 0 Å². The molecule has 10 aromatic rings. The van der Waals surface area contributed by atoms with Gasteiger partial charge in [0, 0.05) is 50.5 Å². The van der Waals surface area contributed by atoms with Crippen molar-refractivity contribution in [3.63, 3.8) is 0 Å². The maximum absolute atomic E-state index is 6.86. The molecule has 0 N–H and O–H groups in total. The number of aromatic nitrogens is 4. The molecular weight excluding hydrogens is 1010 g/mol. The van der Waals surface area contributed by atoms with Gasteiger partial charge < -0.3 is 13.9 Å². The predicted molar refractivity (Wildman–Crippen MR) is 275 cm³/mol. The van der Waals surface area contributed by atoms with Crippen molar-refractivity contribution < 1.29 is 30.4 Å². The number of hydrogen-bond acceptors (Lipinski definition) is 2. The third-order valence-corrected chi connectivity index (χ3v) is 12.6. The van der Waals surface area contributed by atoms with Crippen LogP contribution in [0.2, 0.25) is 0 Å². The normalized spacial score (nSPS) is 12.1. The second-order valence-corrected chi connectivity index (χ2v) is 20.6. The van der Waals surface area contributed by atoms with E-state index in [4.69, 9.17) is 9.72 Å². The molecule has 0 saturated carbocycles. The van der Waals surface area contributed by atoms with E-state index < -0.39 is 0 Å². The van der Waals surface area contributed by atoms with Gasteiger partial charge in [-0.15, -0.1) is 35.2 Å². The first-order valence-electron chi connectivity index (χ1n) is 23.2. The molecule has 0 bridgehead atoms. The molecule has 342 valence electrons. The monoisotopic (exact) mass is 1070 g/mol. The number of rotatable bonds is 8. The molecule has 0 aliphatic carbocycles. The van der Waals surface area contributed by atoms with E-state index in [0.29, 0.717) is 11.5 Å². The summed E-state index contributed by atoms with van der Waals surface area (Å²) in [6.07, 6.45) is 7.91. The van der Waals surface area contributed by atoms with Crippen LogP contribution in [0.5, 0.6) is 11.5 Å². The van der Waals surface area contributed by atoms with Crippen molar-refractivity contribution in [1.29, 1.82) is 0 Å². The summed E-state index contributed by atoms with van der Waals surface area (Å²) in [5.74, 6) is 2.00. The van der Waals surface area contributed by atoms with Gasteiger partial charge in [0.05, 0.1) is 11.4 Å². The van der Waals surface area contributed by atoms with Gasteiger partial charge in [-0.05, 0) is 96.6 Å². The molecule has 0 saturated heterocycles. The first kappa shape index (κ1) is 46.3. The molecule has 7 aromatic carbocycles. The molecule has 0 spiro atoms. The fourth-order valence-corrected chi connectivity index (χ4v) is 9.28. The van der Waals surface area contributed by atoms with Gasteiger partial charge in [-0.25, -0.2) is 4.98 Å². The Labute approximate surface area is 416 Å². The Hall–Kier alpha value is -6.81. The van der Waals surface area contributed by atoms with Gasteiger partial charge in [-0.3, -0.25) is 4.57 Å². The first-order valence-corrected chi connectivity index (χ1v) is 23.2. The van der Waals surface area contributed by atoms with Crippen LogP contribution in [-0.4, -0.2) is 14.1 Å². The van der Waals surface area contributed by atoms with Crippen molar-refractivity contribution in [3.8, 4) is 62.1 Å². The number of pyridine rings is 1. The van der Waals surface area contributed by atoms with Crippen LogP contribution in [0.1, 0.15) is 79.1 Å². The van der Waals surface area contributed by atoms with E-state index in [2.05, 4.69) is 252 Å². The van der Waals surface area contributed by atoms with Gasteiger partial charge in [0.15, 0.2) is 0 Å². The Morgan fingerprint density at radius 1 is 0.529 bits per heavy atom. The predicted octanol–water partition coefficient (Wildman–Crippen LogP) is 15.3. The Bertz CT molecular complexity index is 3360. The SMILES string of the molecule is CC(C)(C)c1ccnc(-n2c3[c-]c(Oc4[c-]c(-n5[c-][n+](-c6cc(-c7ccccc7)c(C(C)(C)C)c(-c7ccccc7)c6)c(C(C)(C)C)c5)cc(-c5ccccc5)c4)ccc3c3ccccc32)c1.[Pt]. The van der Waals surface area contributed by atoms with E-state index in [-0.39, 0.29) is 37.3 Å². The standard InChI is InChI=1S/C62H56N4O.Pt/c1-60(2,3)46-31-32-63-58(35-46)66-55-28-20-19-27-51(55)52-30-29-49(39-56(52)66)67-50-34-45(42-21-13-10-14-22-42)33-47(36-50)64-40-57(61(4,5)6)65(41-64)48-37-53(43-23-15-11-16-24-43)59(62(7,8)9)54(38-48)44-25-17-12-18-26-44;/h10-35,37-38,40H,1-9H3;/q-2;. The summed E-state index contributed by atoms with van der Waals surface area (Å²) in [6, 6.07) is 65.1. The van der Waals surface area contributed by atoms with E-state index in [1.54, 1.807) is 0 Å². The molecule has 3 heterocycles. The summed E-state index contributed by atoms with van der Waals surface area (Å²) in [4.78, 5) is 4.89. The van der Waals surface area contributed by atoms with Gasteiger partial charge in [0.1, 0.15) is 5.82 Å². The number of benzene rings is 7. The molecule has 0 aliphatic heterocycles. The van der Waals surface area contributed by atoms with Crippen molar-refractivity contribution >= 4 is 21.8 Å². The van der Waals surface area contributed by atoms with Crippen LogP contribution in [0, 0.1) is 18.5 Å². The molecule has 3 aromatic heterocycles. The van der Waals surface area contributed by atoms with Crippen LogP contribution >= 0.6 is 0 Å². The molecular formula is C62H56N4OPt-2. The smallest absolute Gasteiger partial charge is 0.267 e. The van der Waals surface area contributed by atoms with Gasteiger partial charge in [0.25, 0.3) is 6.33 Å². The van der Waals surface area contributed by atoms with E-state index in [0.717, 1.165) is 55.8 Å². The average molecular weight is 1070 g/mol. The number of ether oxygens (including phenoxy) is 1. The number of nitrogens with zero attached hydrogens (tertiary/aromatic N) is 4. The molecule has 0 unspecified atom stereocenters. The molecule has 6 heteroatoms. The maximum Gasteiger partial charge on any atom is 0.267 e. The van der Waals surface area contributed by atoms with E-state index in [1.165, 1.54) is 33.4 Å². The van der Waals surface area contributed by atoms with Crippen LogP contribution in [0.25, 0.3) is 72.4 Å². The summed E-state index contributed by atoms with van der Waals surface area (Å²) in [5.41, 5.74) is 13.8. The third kappa shape index (κ3) is 9.00. The third-order valence-electron chi connectivity index (χ3n) is 12.6. The molecule has 0 aliphatic rings. The number of imidazole rings is 1. The molecule has 0 fully saturated rings. The summed E-state index contributed by atoms with van der Waals surface area (Å²) >= 11 is 0. The number of hydrogen-bond donors (Lipinski definition) is 0. The molecule has 0 radical (unpaired) electrons. The minimum atomic E-state index is -0.245. The second kappa shape index (κ2) is 18.0. The number of para-hydroxylation sites is 1. The Morgan fingerprint density at radius 2 is 1.13 bits per heavy atom. The van der Waals surface area contributed by atoms with Crippen LogP contribution in [-0.2, 0) is 37.3 Å². The van der Waals surface area contributed by atoms with Crippen LogP contribution in [0.3, 0.4) is 0 Å². The summed E-state index contributed by atoms with van der Waals surface area (Å²) < 4.78 is 13.4. The fraction of sp³-hybridized carbons (Fsp3) is 0.194. The Balaban J connectivity index is 0.00000578. The van der Waals surface area contributed by atoms with Crippen LogP contribution < -0.4 is 9.30 Å². The summed E-state index contributed by atoms with van der Waals surface area (Å²) in [6.45, 7) is 20.4. The fourth-order valence-electron chi connectivity index (χ4n) is 9.28. The second-order valence-electron chi connectivity index (χ2n) is 20.6. The van der Waals surface area contributed by atoms with Gasteiger partial charge >= 0.3 is 0 Å². The van der Waals surface area contributed by atoms with Gasteiger partial charge in [-0.2, -0.15) is 12.1 Å². The molecule has 10 rings (SSSR count). The summed E-state index contributed by atoms with van der Waals surface area (Å²) in [7, 11) is 0. The molecule has 0 atom stereocenters. The van der Waals surface area contributed by atoms with Crippen molar-refractivity contribution in [2.24, 2.45) is 0 Å². The zero-order chi connectivity index (χ0) is 46.7. The minimum absolute atomic E-state index is 0. The van der Waals surface area contributed by atoms with Crippen molar-refractivity contribution in [3.05, 3.63) is 211 Å². The van der Waals surface area contributed by atoms with Gasteiger partial charge in [-0.1, -0.05) is 177 Å². The zero-order valence-corrected chi connectivity index (χ0v) is 42.5. The van der Waals surface area contributed by atoms with Crippen molar-refractivity contribution in [1.82, 2.24) is 14.1 Å². The Kier molecular flexibility index (Phi) is 12.3. The average Bonchev–Trinajstić information content (AvgIpc) is 3.92. The van der Waals surface area contributed by atoms with Crippen LogP contribution in [0.4, 0.5) is 0 Å². The van der Waals surface area contributed by atoms with Crippen LogP contribution in [0.15, 0.2) is 176 Å². The topological polar surface area (TPSA) is 35.9 Å². The zero-order valence-electron chi connectivity index (χ0n) is 40.3. The number of fused-ring (bicyclic) bond motifs is 3. The quantitative estimate of drug-likeness (QED) is 0.112. The van der Waals surface area contributed by atoms with E-state index in [9.17, 15) is 0 Å². The molecule has 68 heavy (non-hydrogen) atoms. The minimum Gasteiger partial charge on any atom is -0.510 e. The maximum atomic E-state index is 6.86. The van der Waals surface area contributed by atoms with Gasteiger partial charge in [0.2, 0.25) is 0 Å². The van der Waals surface area contributed by atoms with Crippen molar-refractivity contribution in [2.75, 3.05) is 0 Å². The first-order chi connectivity index (χ1) is 32.1. The largest absolute Gasteiger partial charge is 0.510 e.